The molecule has 0 aliphatic rings. The molecule has 3 aromatic carbocycles. The third-order valence-corrected chi connectivity index (χ3v) is 6.80. The molecule has 0 radical (unpaired) electrons. The number of methoxy groups -OCH3 is 1. The van der Waals surface area contributed by atoms with Gasteiger partial charge in [-0.2, -0.15) is 0 Å². The minimum Gasteiger partial charge on any atom is -0.465 e. The summed E-state index contributed by atoms with van der Waals surface area (Å²) < 4.78 is 5.00. The van der Waals surface area contributed by atoms with Gasteiger partial charge in [-0.25, -0.2) is 4.79 Å². The molecule has 24 heavy (non-hydrogen) atoms. The number of esters is 1. The molecule has 0 aromatic heterocycles. The van der Waals surface area contributed by atoms with Crippen molar-refractivity contribution in [3.8, 4) is 0 Å². The summed E-state index contributed by atoms with van der Waals surface area (Å²) in [5.74, 6) is -0.281. The summed E-state index contributed by atoms with van der Waals surface area (Å²) in [6.07, 6.45) is 0. The molecule has 0 saturated heterocycles. The highest BCUT2D eigenvalue weighted by molar-refractivity contribution is 7.80. The summed E-state index contributed by atoms with van der Waals surface area (Å²) in [5, 5.41) is 3.57. The lowest BCUT2D eigenvalue weighted by molar-refractivity contribution is 0.0602. The summed E-state index contributed by atoms with van der Waals surface area (Å²) in [5.41, 5.74) is 1.88. The van der Waals surface area contributed by atoms with E-state index in [1.165, 1.54) is 23.3 Å². The van der Waals surface area contributed by atoms with E-state index in [2.05, 4.69) is 55.5 Å². The van der Waals surface area contributed by atoms with Crippen molar-refractivity contribution in [3.63, 3.8) is 0 Å². The molecular formula is C21H20O2P+. The van der Waals surface area contributed by atoms with Gasteiger partial charge < -0.3 is 4.74 Å². The van der Waals surface area contributed by atoms with Gasteiger partial charge in [-0.15, -0.1) is 0 Å². The second-order valence-corrected chi connectivity index (χ2v) is 8.09. The van der Waals surface area contributed by atoms with Crippen LogP contribution in [0.4, 0.5) is 0 Å². The van der Waals surface area contributed by atoms with Crippen molar-refractivity contribution in [2.24, 2.45) is 0 Å². The lowest BCUT2D eigenvalue weighted by Crippen LogP contribution is -2.25. The molecule has 0 saturated carbocycles. The molecule has 0 fully saturated rings. The first-order valence-corrected chi connectivity index (χ1v) is 9.38. The van der Waals surface area contributed by atoms with Gasteiger partial charge in [-0.1, -0.05) is 48.0 Å². The molecule has 1 unspecified atom stereocenters. The highest BCUT2D eigenvalue weighted by atomic mass is 31.1. The van der Waals surface area contributed by atoms with Crippen LogP contribution in [-0.4, -0.2) is 13.1 Å². The first kappa shape index (κ1) is 16.4. The highest BCUT2D eigenvalue weighted by Crippen LogP contribution is 2.34. The molecule has 2 nitrogen and oxygen atoms in total. The van der Waals surface area contributed by atoms with E-state index in [-0.39, 0.29) is 5.97 Å². The molecule has 0 aliphatic carbocycles. The largest absolute Gasteiger partial charge is 0.465 e. The Bertz CT molecular complexity index is 826. The normalized spacial score (nSPS) is 11.8. The number of rotatable bonds is 4. The van der Waals surface area contributed by atoms with Gasteiger partial charge >= 0.3 is 5.97 Å². The minimum atomic E-state index is -1.28. The van der Waals surface area contributed by atoms with Crippen molar-refractivity contribution >= 4 is 29.8 Å². The summed E-state index contributed by atoms with van der Waals surface area (Å²) in [6, 6.07) is 26.8. The predicted octanol–water partition coefficient (Wildman–Crippen LogP) is 3.27. The van der Waals surface area contributed by atoms with Gasteiger partial charge in [0, 0.05) is 0 Å². The Hall–Kier alpha value is -2.44. The molecule has 0 spiro atoms. The van der Waals surface area contributed by atoms with E-state index in [0.29, 0.717) is 5.56 Å². The van der Waals surface area contributed by atoms with Crippen LogP contribution >= 0.6 is 7.92 Å². The van der Waals surface area contributed by atoms with Crippen molar-refractivity contribution in [1.29, 1.82) is 0 Å². The van der Waals surface area contributed by atoms with Crippen molar-refractivity contribution in [1.82, 2.24) is 0 Å². The fraction of sp³-hybridized carbons (Fsp3) is 0.0952. The molecule has 3 heteroatoms. The quantitative estimate of drug-likeness (QED) is 0.540. The Labute approximate surface area is 143 Å². The van der Waals surface area contributed by atoms with E-state index >= 15 is 0 Å². The van der Waals surface area contributed by atoms with Crippen LogP contribution in [0.25, 0.3) is 0 Å². The number of carbonyl (C=O) groups excluding carboxylic acids is 1. The van der Waals surface area contributed by atoms with Gasteiger partial charge in [0.05, 0.1) is 15.0 Å². The van der Waals surface area contributed by atoms with Crippen LogP contribution in [0.2, 0.25) is 0 Å². The number of hydrogen-bond donors (Lipinski definition) is 0. The van der Waals surface area contributed by atoms with Gasteiger partial charge in [0.2, 0.25) is 0 Å². The Balaban J connectivity index is 2.20. The van der Waals surface area contributed by atoms with Gasteiger partial charge in [-0.05, 0) is 43.3 Å². The fourth-order valence-electron chi connectivity index (χ4n) is 2.79. The summed E-state index contributed by atoms with van der Waals surface area (Å²) >= 11 is 0. The zero-order valence-electron chi connectivity index (χ0n) is 13.8. The van der Waals surface area contributed by atoms with Gasteiger partial charge in [0.1, 0.15) is 21.5 Å². The summed E-state index contributed by atoms with van der Waals surface area (Å²) in [4.78, 5) is 12.2. The lowest BCUT2D eigenvalue weighted by atomic mass is 10.2. The Morgan fingerprint density at radius 1 is 0.792 bits per heavy atom. The van der Waals surface area contributed by atoms with E-state index < -0.39 is 7.92 Å². The Morgan fingerprint density at radius 2 is 1.38 bits per heavy atom. The third kappa shape index (κ3) is 3.39. The van der Waals surface area contributed by atoms with E-state index in [4.69, 9.17) is 4.74 Å². The van der Waals surface area contributed by atoms with Crippen molar-refractivity contribution in [2.45, 2.75) is 6.92 Å². The summed E-state index contributed by atoms with van der Waals surface area (Å²) in [7, 11) is 0.152. The van der Waals surface area contributed by atoms with Crippen molar-refractivity contribution < 1.29 is 9.53 Å². The topological polar surface area (TPSA) is 26.3 Å². The predicted molar refractivity (Wildman–Crippen MR) is 103 cm³/mol. The minimum absolute atomic E-state index is 0.281. The first-order chi connectivity index (χ1) is 11.7. The van der Waals surface area contributed by atoms with E-state index in [0.717, 1.165) is 5.30 Å². The molecule has 0 N–H and O–H groups in total. The Kier molecular flexibility index (Phi) is 5.08. The highest BCUT2D eigenvalue weighted by Gasteiger charge is 2.30. The maximum absolute atomic E-state index is 12.2. The zero-order chi connectivity index (χ0) is 16.9. The average Bonchev–Trinajstić information content (AvgIpc) is 2.64. The standard InChI is InChI=1S/C21H19O2P/c1-16-12-14-18(15-13-16)24(17-8-4-3-5-9-17)20-11-7-6-10-19(20)21(22)23-2/h3-15H,1-2H3/p+1. The zero-order valence-corrected chi connectivity index (χ0v) is 14.8. The van der Waals surface area contributed by atoms with Crippen LogP contribution in [0.5, 0.6) is 0 Å². The smallest absolute Gasteiger partial charge is 0.341 e. The van der Waals surface area contributed by atoms with Crippen LogP contribution < -0.4 is 15.9 Å². The number of carbonyl (C=O) groups is 1. The number of aryl methyl sites for hydroxylation is 1. The second-order valence-electron chi connectivity index (χ2n) is 5.64. The average molecular weight is 335 g/mol. The van der Waals surface area contributed by atoms with Crippen LogP contribution in [0.1, 0.15) is 15.9 Å². The second kappa shape index (κ2) is 7.42. The fourth-order valence-corrected chi connectivity index (χ4v) is 5.49. The maximum Gasteiger partial charge on any atom is 0.341 e. The SMILES string of the molecule is COC(=O)c1ccccc1[PH+](c1ccccc1)c1ccc(C)cc1. The molecule has 120 valence electrons. The van der Waals surface area contributed by atoms with Crippen molar-refractivity contribution in [3.05, 3.63) is 90.0 Å². The van der Waals surface area contributed by atoms with E-state index in [1.807, 2.05) is 30.3 Å². The van der Waals surface area contributed by atoms with Crippen LogP contribution in [0, 0.1) is 6.92 Å². The molecule has 3 rings (SSSR count). The molecular weight excluding hydrogens is 315 g/mol. The van der Waals surface area contributed by atoms with Gasteiger partial charge in [0.25, 0.3) is 0 Å². The Morgan fingerprint density at radius 3 is 2.04 bits per heavy atom. The third-order valence-electron chi connectivity index (χ3n) is 4.00. The molecule has 0 amide bonds. The van der Waals surface area contributed by atoms with Crippen LogP contribution in [0.15, 0.2) is 78.9 Å². The van der Waals surface area contributed by atoms with Crippen molar-refractivity contribution in [2.75, 3.05) is 7.11 Å². The lowest BCUT2D eigenvalue weighted by Gasteiger charge is -2.13. The summed E-state index contributed by atoms with van der Waals surface area (Å²) in [6.45, 7) is 2.08. The van der Waals surface area contributed by atoms with Crippen LogP contribution in [0.3, 0.4) is 0 Å². The van der Waals surface area contributed by atoms with Crippen LogP contribution in [-0.2, 0) is 4.74 Å². The molecule has 1 atom stereocenters. The maximum atomic E-state index is 12.2. The monoisotopic (exact) mass is 335 g/mol. The molecule has 0 aliphatic heterocycles. The number of benzene rings is 3. The first-order valence-electron chi connectivity index (χ1n) is 7.88. The number of ether oxygens (including phenoxy) is 1. The van der Waals surface area contributed by atoms with Gasteiger partial charge in [-0.3, -0.25) is 0 Å². The van der Waals surface area contributed by atoms with E-state index in [9.17, 15) is 4.79 Å². The van der Waals surface area contributed by atoms with E-state index in [1.54, 1.807) is 0 Å². The van der Waals surface area contributed by atoms with Gasteiger partial charge in [0.15, 0.2) is 0 Å². The molecule has 0 bridgehead atoms. The molecule has 0 heterocycles. The number of hydrogen-bond acceptors (Lipinski definition) is 2. The molecule has 3 aromatic rings.